The summed E-state index contributed by atoms with van der Waals surface area (Å²) in [6.45, 7) is 3.51. The highest BCUT2D eigenvalue weighted by Crippen LogP contribution is 2.06. The highest BCUT2D eigenvalue weighted by molar-refractivity contribution is 4.81. The quantitative estimate of drug-likeness (QED) is 0.583. The summed E-state index contributed by atoms with van der Waals surface area (Å²) in [6.07, 6.45) is 3.98. The molecule has 0 saturated heterocycles. The zero-order valence-electron chi connectivity index (χ0n) is 6.22. The smallest absolute Gasteiger partial charge is 0.0785 e. The molecule has 0 rings (SSSR count). The average Bonchev–Trinajstić information content (AvgIpc) is 1.63. The third kappa shape index (κ3) is 7.50. The van der Waals surface area contributed by atoms with Crippen LogP contribution in [0.5, 0.6) is 0 Å². The van der Waals surface area contributed by atoms with Crippen molar-refractivity contribution in [1.82, 2.24) is 0 Å². The fourth-order valence-corrected chi connectivity index (χ4v) is 0.433. The lowest BCUT2D eigenvalue weighted by Gasteiger charge is -2.12. The van der Waals surface area contributed by atoms with Gasteiger partial charge in [-0.05, 0) is 26.3 Å². The van der Waals surface area contributed by atoms with E-state index in [0.29, 0.717) is 6.42 Å². The fourth-order valence-electron chi connectivity index (χ4n) is 0.433. The SMILES string of the molecule is CO/C=C\CC(C)(C)O. The standard InChI is InChI=1S/C7H14O2/c1-7(2,8)5-4-6-9-3/h4,6,8H,5H2,1-3H3/b6-4-. The second kappa shape index (κ2) is 3.51. The Kier molecular flexibility index (Phi) is 3.32. The summed E-state index contributed by atoms with van der Waals surface area (Å²) >= 11 is 0. The van der Waals surface area contributed by atoms with Gasteiger partial charge in [0.05, 0.1) is 19.0 Å². The van der Waals surface area contributed by atoms with E-state index >= 15 is 0 Å². The van der Waals surface area contributed by atoms with Gasteiger partial charge in [0.1, 0.15) is 0 Å². The largest absolute Gasteiger partial charge is 0.505 e. The number of rotatable bonds is 3. The normalized spacial score (nSPS) is 12.4. The van der Waals surface area contributed by atoms with Crippen molar-refractivity contribution in [2.75, 3.05) is 7.11 Å². The van der Waals surface area contributed by atoms with Crippen LogP contribution in [0.15, 0.2) is 12.3 Å². The van der Waals surface area contributed by atoms with Gasteiger partial charge in [0, 0.05) is 0 Å². The molecule has 0 radical (unpaired) electrons. The zero-order chi connectivity index (χ0) is 7.33. The Morgan fingerprint density at radius 1 is 1.56 bits per heavy atom. The van der Waals surface area contributed by atoms with Crippen molar-refractivity contribution in [2.24, 2.45) is 0 Å². The molecule has 0 aromatic rings. The predicted molar refractivity (Wildman–Crippen MR) is 37.1 cm³/mol. The second-order valence-corrected chi connectivity index (χ2v) is 2.62. The molecule has 2 nitrogen and oxygen atoms in total. The van der Waals surface area contributed by atoms with Gasteiger partial charge in [-0.2, -0.15) is 0 Å². The number of methoxy groups -OCH3 is 1. The first-order valence-corrected chi connectivity index (χ1v) is 2.96. The van der Waals surface area contributed by atoms with E-state index in [1.807, 2.05) is 0 Å². The molecule has 0 aromatic heterocycles. The van der Waals surface area contributed by atoms with E-state index in [1.165, 1.54) is 0 Å². The van der Waals surface area contributed by atoms with Gasteiger partial charge in [0.25, 0.3) is 0 Å². The van der Waals surface area contributed by atoms with Crippen molar-refractivity contribution >= 4 is 0 Å². The van der Waals surface area contributed by atoms with E-state index in [9.17, 15) is 0 Å². The maximum atomic E-state index is 9.14. The molecular formula is C7H14O2. The summed E-state index contributed by atoms with van der Waals surface area (Å²) in [5, 5.41) is 9.14. The van der Waals surface area contributed by atoms with Gasteiger partial charge in [-0.15, -0.1) is 0 Å². The Balaban J connectivity index is 3.38. The van der Waals surface area contributed by atoms with Gasteiger partial charge in [0.15, 0.2) is 0 Å². The minimum absolute atomic E-state index is 0.616. The maximum Gasteiger partial charge on any atom is 0.0785 e. The molecule has 0 saturated carbocycles. The molecule has 0 aliphatic carbocycles. The Labute approximate surface area is 56.1 Å². The summed E-state index contributed by atoms with van der Waals surface area (Å²) in [5.74, 6) is 0. The van der Waals surface area contributed by atoms with Crippen molar-refractivity contribution in [1.29, 1.82) is 0 Å². The molecule has 0 amide bonds. The topological polar surface area (TPSA) is 29.5 Å². The molecule has 1 N–H and O–H groups in total. The molecule has 2 heteroatoms. The van der Waals surface area contributed by atoms with Gasteiger partial charge in [-0.25, -0.2) is 0 Å². The van der Waals surface area contributed by atoms with Crippen LogP contribution >= 0.6 is 0 Å². The minimum Gasteiger partial charge on any atom is -0.505 e. The van der Waals surface area contributed by atoms with Crippen LogP contribution in [0.3, 0.4) is 0 Å². The molecule has 0 fully saturated rings. The number of aliphatic hydroxyl groups is 1. The third-order valence-electron chi connectivity index (χ3n) is 0.850. The number of hydrogen-bond donors (Lipinski definition) is 1. The highest BCUT2D eigenvalue weighted by atomic mass is 16.5. The van der Waals surface area contributed by atoms with Gasteiger partial charge >= 0.3 is 0 Å². The van der Waals surface area contributed by atoms with Crippen LogP contribution in [-0.2, 0) is 4.74 Å². The fraction of sp³-hybridized carbons (Fsp3) is 0.714. The molecule has 0 heterocycles. The summed E-state index contributed by atoms with van der Waals surface area (Å²) in [5.41, 5.74) is -0.616. The van der Waals surface area contributed by atoms with E-state index < -0.39 is 5.60 Å². The predicted octanol–water partition coefficient (Wildman–Crippen LogP) is 1.31. The highest BCUT2D eigenvalue weighted by Gasteiger charge is 2.08. The van der Waals surface area contributed by atoms with Gasteiger partial charge in [0.2, 0.25) is 0 Å². The van der Waals surface area contributed by atoms with Crippen molar-refractivity contribution in [3.05, 3.63) is 12.3 Å². The lowest BCUT2D eigenvalue weighted by Crippen LogP contribution is -2.16. The Hall–Kier alpha value is -0.500. The summed E-state index contributed by atoms with van der Waals surface area (Å²) in [6, 6.07) is 0. The molecule has 0 unspecified atom stereocenters. The molecule has 0 bridgehead atoms. The van der Waals surface area contributed by atoms with Crippen LogP contribution in [-0.4, -0.2) is 17.8 Å². The van der Waals surface area contributed by atoms with Crippen molar-refractivity contribution < 1.29 is 9.84 Å². The second-order valence-electron chi connectivity index (χ2n) is 2.62. The number of ether oxygens (including phenoxy) is 1. The van der Waals surface area contributed by atoms with Crippen LogP contribution in [0.1, 0.15) is 20.3 Å². The first-order valence-electron chi connectivity index (χ1n) is 2.96. The average molecular weight is 130 g/mol. The molecule has 9 heavy (non-hydrogen) atoms. The molecule has 0 spiro atoms. The lowest BCUT2D eigenvalue weighted by molar-refractivity contribution is 0.0832. The third-order valence-corrected chi connectivity index (χ3v) is 0.850. The molecule has 0 aromatic carbocycles. The van der Waals surface area contributed by atoms with Crippen LogP contribution in [0, 0.1) is 0 Å². The Morgan fingerprint density at radius 2 is 2.11 bits per heavy atom. The van der Waals surface area contributed by atoms with E-state index in [-0.39, 0.29) is 0 Å². The Morgan fingerprint density at radius 3 is 2.44 bits per heavy atom. The summed E-state index contributed by atoms with van der Waals surface area (Å²) < 4.78 is 4.65. The number of hydrogen-bond acceptors (Lipinski definition) is 2. The van der Waals surface area contributed by atoms with Crippen LogP contribution in [0.4, 0.5) is 0 Å². The van der Waals surface area contributed by atoms with Gasteiger partial charge < -0.3 is 9.84 Å². The zero-order valence-corrected chi connectivity index (χ0v) is 6.22. The van der Waals surface area contributed by atoms with E-state index in [2.05, 4.69) is 4.74 Å². The molecule has 0 aliphatic heterocycles. The monoisotopic (exact) mass is 130 g/mol. The van der Waals surface area contributed by atoms with Crippen molar-refractivity contribution in [3.63, 3.8) is 0 Å². The van der Waals surface area contributed by atoms with Crippen molar-refractivity contribution in [3.8, 4) is 0 Å². The van der Waals surface area contributed by atoms with E-state index in [0.717, 1.165) is 0 Å². The minimum atomic E-state index is -0.616. The summed E-state index contributed by atoms with van der Waals surface area (Å²) in [7, 11) is 1.58. The van der Waals surface area contributed by atoms with E-state index in [1.54, 1.807) is 33.3 Å². The van der Waals surface area contributed by atoms with Crippen LogP contribution in [0.2, 0.25) is 0 Å². The molecular weight excluding hydrogens is 116 g/mol. The molecule has 54 valence electrons. The summed E-state index contributed by atoms with van der Waals surface area (Å²) in [4.78, 5) is 0. The van der Waals surface area contributed by atoms with Gasteiger partial charge in [-0.1, -0.05) is 0 Å². The van der Waals surface area contributed by atoms with Crippen molar-refractivity contribution in [2.45, 2.75) is 25.9 Å². The van der Waals surface area contributed by atoms with Gasteiger partial charge in [-0.3, -0.25) is 0 Å². The lowest BCUT2D eigenvalue weighted by atomic mass is 10.1. The molecule has 0 atom stereocenters. The first-order chi connectivity index (χ1) is 4.06. The van der Waals surface area contributed by atoms with Crippen LogP contribution in [0.25, 0.3) is 0 Å². The first kappa shape index (κ1) is 8.50. The maximum absolute atomic E-state index is 9.14. The van der Waals surface area contributed by atoms with Crippen LogP contribution < -0.4 is 0 Å². The molecule has 0 aliphatic rings. The Bertz CT molecular complexity index is 89.6. The van der Waals surface area contributed by atoms with E-state index in [4.69, 9.17) is 5.11 Å².